The molecule has 0 amide bonds. The maximum Gasteiger partial charge on any atom is 0.339 e. The quantitative estimate of drug-likeness (QED) is 0.173. The van der Waals surface area contributed by atoms with E-state index in [9.17, 15) is 9.90 Å². The molecule has 0 aliphatic carbocycles. The molecular formula is C25H43NO3. The van der Waals surface area contributed by atoms with Crippen LogP contribution < -0.4 is 5.32 Å². The molecule has 0 aliphatic rings. The molecule has 0 atom stereocenters. The molecule has 0 radical (unpaired) electrons. The van der Waals surface area contributed by atoms with Crippen LogP contribution >= 0.6 is 0 Å². The van der Waals surface area contributed by atoms with Crippen LogP contribution in [0.4, 0.5) is 5.69 Å². The van der Waals surface area contributed by atoms with E-state index in [0.29, 0.717) is 0 Å². The van der Waals surface area contributed by atoms with Crippen LogP contribution in [0.15, 0.2) is 18.2 Å². The lowest BCUT2D eigenvalue weighted by atomic mass is 10.0. The molecule has 0 heterocycles. The number of hydrogen-bond acceptors (Lipinski definition) is 3. The number of anilines is 1. The maximum atomic E-state index is 11.0. The van der Waals surface area contributed by atoms with Gasteiger partial charge in [0.25, 0.3) is 0 Å². The van der Waals surface area contributed by atoms with Crippen LogP contribution in [0.5, 0.6) is 5.75 Å². The molecule has 1 aromatic rings. The minimum Gasteiger partial charge on any atom is -0.507 e. The molecule has 0 saturated heterocycles. The Labute approximate surface area is 178 Å². The number of unbranched alkanes of at least 4 members (excludes halogenated alkanes) is 12. The molecule has 0 unspecified atom stereocenters. The van der Waals surface area contributed by atoms with Crippen LogP contribution in [0, 0.1) is 5.92 Å². The number of carbonyl (C=O) groups is 1. The third kappa shape index (κ3) is 13.2. The van der Waals surface area contributed by atoms with E-state index in [0.717, 1.165) is 24.6 Å². The molecule has 0 aliphatic heterocycles. The highest BCUT2D eigenvalue weighted by Crippen LogP contribution is 2.21. The molecule has 4 nitrogen and oxygen atoms in total. The van der Waals surface area contributed by atoms with Gasteiger partial charge in [-0.05, 0) is 30.5 Å². The summed E-state index contributed by atoms with van der Waals surface area (Å²) in [6.07, 6.45) is 18.8. The molecule has 0 bridgehead atoms. The highest BCUT2D eigenvalue weighted by molar-refractivity contribution is 5.91. The van der Waals surface area contributed by atoms with Crippen LogP contribution in [0.1, 0.15) is 114 Å². The lowest BCUT2D eigenvalue weighted by Gasteiger charge is -2.08. The molecule has 4 heteroatoms. The monoisotopic (exact) mass is 405 g/mol. The van der Waals surface area contributed by atoms with Crippen molar-refractivity contribution < 1.29 is 15.0 Å². The van der Waals surface area contributed by atoms with Crippen molar-refractivity contribution in [3.8, 4) is 5.75 Å². The molecule has 3 N–H and O–H groups in total. The predicted molar refractivity (Wildman–Crippen MR) is 123 cm³/mol. The fourth-order valence-electron chi connectivity index (χ4n) is 3.67. The van der Waals surface area contributed by atoms with Gasteiger partial charge in [-0.3, -0.25) is 0 Å². The average Bonchev–Trinajstić information content (AvgIpc) is 2.68. The Hall–Kier alpha value is -1.71. The van der Waals surface area contributed by atoms with E-state index in [-0.39, 0.29) is 11.3 Å². The Morgan fingerprint density at radius 1 is 0.828 bits per heavy atom. The fraction of sp³-hybridized carbons (Fsp3) is 0.720. The second-order valence-electron chi connectivity index (χ2n) is 8.74. The Balaban J connectivity index is 1.87. The minimum absolute atomic E-state index is 0.0545. The Morgan fingerprint density at radius 3 is 1.79 bits per heavy atom. The van der Waals surface area contributed by atoms with E-state index >= 15 is 0 Å². The van der Waals surface area contributed by atoms with Gasteiger partial charge in [-0.15, -0.1) is 0 Å². The summed E-state index contributed by atoms with van der Waals surface area (Å²) < 4.78 is 0. The summed E-state index contributed by atoms with van der Waals surface area (Å²) in [5.74, 6) is -0.435. The van der Waals surface area contributed by atoms with Gasteiger partial charge in [0.15, 0.2) is 0 Å². The first-order chi connectivity index (χ1) is 14.0. The normalized spacial score (nSPS) is 11.1. The number of benzene rings is 1. The molecule has 1 rings (SSSR count). The van der Waals surface area contributed by atoms with E-state index in [1.54, 1.807) is 6.07 Å². The van der Waals surface area contributed by atoms with Gasteiger partial charge in [0.05, 0.1) is 0 Å². The van der Waals surface area contributed by atoms with E-state index in [4.69, 9.17) is 5.11 Å². The highest BCUT2D eigenvalue weighted by atomic mass is 16.4. The zero-order valence-corrected chi connectivity index (χ0v) is 18.7. The second kappa shape index (κ2) is 16.1. The summed E-state index contributed by atoms with van der Waals surface area (Å²) in [7, 11) is 0. The second-order valence-corrected chi connectivity index (χ2v) is 8.74. The van der Waals surface area contributed by atoms with E-state index in [2.05, 4.69) is 19.2 Å². The van der Waals surface area contributed by atoms with Crippen molar-refractivity contribution in [3.05, 3.63) is 23.8 Å². The van der Waals surface area contributed by atoms with Gasteiger partial charge < -0.3 is 15.5 Å². The molecule has 0 aromatic heterocycles. The van der Waals surface area contributed by atoms with Gasteiger partial charge in [-0.1, -0.05) is 97.3 Å². The number of phenols is 1. The molecule has 29 heavy (non-hydrogen) atoms. The zero-order valence-electron chi connectivity index (χ0n) is 18.7. The van der Waals surface area contributed by atoms with Crippen LogP contribution in [0.3, 0.4) is 0 Å². The summed E-state index contributed by atoms with van der Waals surface area (Å²) in [6, 6.07) is 4.63. The zero-order chi connectivity index (χ0) is 21.3. The topological polar surface area (TPSA) is 69.6 Å². The van der Waals surface area contributed by atoms with Gasteiger partial charge >= 0.3 is 5.97 Å². The van der Waals surface area contributed by atoms with Crippen LogP contribution in [0.25, 0.3) is 0 Å². The third-order valence-corrected chi connectivity index (χ3v) is 5.51. The van der Waals surface area contributed by atoms with Gasteiger partial charge in [0, 0.05) is 12.2 Å². The summed E-state index contributed by atoms with van der Waals surface area (Å²) in [5.41, 5.74) is 0.696. The Bertz CT molecular complexity index is 557. The smallest absolute Gasteiger partial charge is 0.339 e. The lowest BCUT2D eigenvalue weighted by molar-refractivity contribution is 0.0694. The molecule has 0 fully saturated rings. The first-order valence-electron chi connectivity index (χ1n) is 11.8. The van der Waals surface area contributed by atoms with Crippen LogP contribution in [-0.4, -0.2) is 22.7 Å². The number of aromatic hydroxyl groups is 1. The number of hydrogen-bond donors (Lipinski definition) is 3. The molecule has 166 valence electrons. The van der Waals surface area contributed by atoms with E-state index in [1.165, 1.54) is 95.6 Å². The van der Waals surface area contributed by atoms with E-state index in [1.807, 2.05) is 0 Å². The molecule has 0 spiro atoms. The Morgan fingerprint density at radius 2 is 1.31 bits per heavy atom. The van der Waals surface area contributed by atoms with Gasteiger partial charge in [-0.2, -0.15) is 0 Å². The SMILES string of the molecule is CC(C)CCCCCCCCCCCCCCCNc1ccc(O)c(C(=O)O)c1. The number of carboxylic acids is 1. The van der Waals surface area contributed by atoms with Gasteiger partial charge in [-0.25, -0.2) is 4.79 Å². The van der Waals surface area contributed by atoms with Crippen LogP contribution in [-0.2, 0) is 0 Å². The van der Waals surface area contributed by atoms with Gasteiger partial charge in [0.1, 0.15) is 11.3 Å². The molecular weight excluding hydrogens is 362 g/mol. The summed E-state index contributed by atoms with van der Waals surface area (Å²) in [6.45, 7) is 5.46. The standard InChI is InChI=1S/C25H43NO3/c1-21(2)16-14-12-10-8-6-4-3-5-7-9-11-13-15-19-26-22-17-18-24(27)23(20-22)25(28)29/h17-18,20-21,26-27H,3-16,19H2,1-2H3,(H,28,29). The van der Waals surface area contributed by atoms with Crippen molar-refractivity contribution in [2.45, 2.75) is 104 Å². The summed E-state index contributed by atoms with van der Waals surface area (Å²) in [4.78, 5) is 11.0. The number of nitrogens with one attached hydrogen (secondary N) is 1. The fourth-order valence-corrected chi connectivity index (χ4v) is 3.67. The largest absolute Gasteiger partial charge is 0.507 e. The molecule has 1 aromatic carbocycles. The first-order valence-corrected chi connectivity index (χ1v) is 11.8. The van der Waals surface area contributed by atoms with Gasteiger partial charge in [0.2, 0.25) is 0 Å². The number of rotatable bonds is 18. The van der Waals surface area contributed by atoms with Crippen molar-refractivity contribution in [1.29, 1.82) is 0 Å². The van der Waals surface area contributed by atoms with Crippen molar-refractivity contribution >= 4 is 11.7 Å². The lowest BCUT2D eigenvalue weighted by Crippen LogP contribution is -2.03. The highest BCUT2D eigenvalue weighted by Gasteiger charge is 2.09. The van der Waals surface area contributed by atoms with Crippen LogP contribution in [0.2, 0.25) is 0 Å². The minimum atomic E-state index is -1.10. The average molecular weight is 406 g/mol. The third-order valence-electron chi connectivity index (χ3n) is 5.51. The van der Waals surface area contributed by atoms with E-state index < -0.39 is 5.97 Å². The van der Waals surface area contributed by atoms with Crippen molar-refractivity contribution in [3.63, 3.8) is 0 Å². The van der Waals surface area contributed by atoms with Crippen molar-refractivity contribution in [2.75, 3.05) is 11.9 Å². The number of carboxylic acid groups (broad SMARTS) is 1. The first kappa shape index (κ1) is 25.3. The molecule has 0 saturated carbocycles. The van der Waals surface area contributed by atoms with Crippen molar-refractivity contribution in [2.24, 2.45) is 5.92 Å². The predicted octanol–water partition coefficient (Wildman–Crippen LogP) is 7.62. The summed E-state index contributed by atoms with van der Waals surface area (Å²) in [5, 5.41) is 21.8. The van der Waals surface area contributed by atoms with Crippen molar-refractivity contribution in [1.82, 2.24) is 0 Å². The summed E-state index contributed by atoms with van der Waals surface area (Å²) >= 11 is 0. The number of aromatic carboxylic acids is 1. The maximum absolute atomic E-state index is 11.0. The Kier molecular flexibility index (Phi) is 14.1.